The second-order valence-corrected chi connectivity index (χ2v) is 8.50. The van der Waals surface area contributed by atoms with Crippen LogP contribution in [0.1, 0.15) is 89.5 Å². The lowest BCUT2D eigenvalue weighted by atomic mass is 9.84. The molecule has 29 heavy (non-hydrogen) atoms. The number of rotatable bonds is 9. The molecule has 2 aromatic carbocycles. The minimum atomic E-state index is -0.628. The molecule has 1 unspecified atom stereocenters. The first kappa shape index (κ1) is 21.8. The van der Waals surface area contributed by atoms with E-state index < -0.39 is 11.6 Å². The van der Waals surface area contributed by atoms with Crippen molar-refractivity contribution in [3.63, 3.8) is 0 Å². The van der Waals surface area contributed by atoms with Gasteiger partial charge in [-0.05, 0) is 67.3 Å². The summed E-state index contributed by atoms with van der Waals surface area (Å²) in [6.45, 7) is 4.04. The Hall–Kier alpha value is -1.90. The summed E-state index contributed by atoms with van der Waals surface area (Å²) in [7, 11) is 0. The fourth-order valence-electron chi connectivity index (χ4n) is 4.34. The van der Waals surface area contributed by atoms with Crippen molar-refractivity contribution in [3.8, 4) is 16.9 Å². The molecule has 1 aliphatic carbocycles. The van der Waals surface area contributed by atoms with Crippen LogP contribution < -0.4 is 4.74 Å². The van der Waals surface area contributed by atoms with Gasteiger partial charge in [-0.15, -0.1) is 0 Å². The normalized spacial score (nSPS) is 16.0. The first-order valence-corrected chi connectivity index (χ1v) is 11.3. The van der Waals surface area contributed by atoms with Crippen molar-refractivity contribution in [1.29, 1.82) is 0 Å². The van der Waals surface area contributed by atoms with E-state index in [-0.39, 0.29) is 11.9 Å². The van der Waals surface area contributed by atoms with E-state index >= 15 is 0 Å². The smallest absolute Gasteiger partial charge is 0.191 e. The molecule has 0 saturated heterocycles. The fourth-order valence-corrected chi connectivity index (χ4v) is 4.34. The highest BCUT2D eigenvalue weighted by molar-refractivity contribution is 5.65. The van der Waals surface area contributed by atoms with Crippen LogP contribution in [0.25, 0.3) is 11.1 Å². The van der Waals surface area contributed by atoms with E-state index in [4.69, 9.17) is 4.74 Å². The Kier molecular flexibility index (Phi) is 8.09. The maximum atomic E-state index is 14.6. The molecular formula is C26H34F2O. The zero-order valence-corrected chi connectivity index (χ0v) is 17.9. The van der Waals surface area contributed by atoms with Crippen molar-refractivity contribution < 1.29 is 13.5 Å². The van der Waals surface area contributed by atoms with Gasteiger partial charge >= 0.3 is 0 Å². The van der Waals surface area contributed by atoms with Crippen LogP contribution in [0.3, 0.4) is 0 Å². The van der Waals surface area contributed by atoms with Crippen molar-refractivity contribution >= 4 is 0 Å². The number of unbranched alkanes of at least 4 members (excludes halogenated alkanes) is 3. The van der Waals surface area contributed by atoms with E-state index in [9.17, 15) is 8.78 Å². The highest BCUT2D eigenvalue weighted by atomic mass is 19.1. The molecule has 3 heteroatoms. The lowest BCUT2D eigenvalue weighted by molar-refractivity contribution is 0.188. The standard InChI is InChI=1S/C26H34F2O/c1-3-4-5-7-10-19(2)29-26-24(27)17-23(18-25(26)28)22-15-13-21(14-16-22)20-11-8-6-9-12-20/h13-20H,3-12H2,1-2H3. The summed E-state index contributed by atoms with van der Waals surface area (Å²) in [6, 6.07) is 11.0. The molecule has 158 valence electrons. The molecular weight excluding hydrogens is 366 g/mol. The van der Waals surface area contributed by atoms with Crippen molar-refractivity contribution in [2.75, 3.05) is 0 Å². The summed E-state index contributed by atoms with van der Waals surface area (Å²) < 4.78 is 34.8. The molecule has 0 aromatic heterocycles. The van der Waals surface area contributed by atoms with Crippen LogP contribution in [0.5, 0.6) is 5.75 Å². The number of ether oxygens (including phenoxy) is 1. The molecule has 1 atom stereocenters. The number of halogens is 2. The minimum absolute atomic E-state index is 0.198. The number of hydrogen-bond donors (Lipinski definition) is 0. The third-order valence-electron chi connectivity index (χ3n) is 6.10. The molecule has 1 fully saturated rings. The Morgan fingerprint density at radius 2 is 1.55 bits per heavy atom. The Labute approximate surface area is 174 Å². The molecule has 1 saturated carbocycles. The zero-order valence-electron chi connectivity index (χ0n) is 17.9. The molecule has 3 rings (SSSR count). The van der Waals surface area contributed by atoms with Crippen LogP contribution in [0, 0.1) is 11.6 Å². The van der Waals surface area contributed by atoms with Gasteiger partial charge in [0.25, 0.3) is 0 Å². The third-order valence-corrected chi connectivity index (χ3v) is 6.10. The minimum Gasteiger partial charge on any atom is -0.485 e. The van der Waals surface area contributed by atoms with E-state index in [0.717, 1.165) is 24.8 Å². The van der Waals surface area contributed by atoms with Gasteiger partial charge in [0.2, 0.25) is 0 Å². The van der Waals surface area contributed by atoms with Crippen LogP contribution in [0.15, 0.2) is 36.4 Å². The van der Waals surface area contributed by atoms with E-state index in [1.165, 1.54) is 62.6 Å². The summed E-state index contributed by atoms with van der Waals surface area (Å²) in [5, 5.41) is 0. The molecule has 0 N–H and O–H groups in total. The van der Waals surface area contributed by atoms with Gasteiger partial charge in [-0.1, -0.05) is 69.7 Å². The van der Waals surface area contributed by atoms with Gasteiger partial charge in [-0.25, -0.2) is 8.78 Å². The predicted molar refractivity (Wildman–Crippen MR) is 116 cm³/mol. The van der Waals surface area contributed by atoms with Crippen molar-refractivity contribution in [2.24, 2.45) is 0 Å². The monoisotopic (exact) mass is 400 g/mol. The van der Waals surface area contributed by atoms with Crippen LogP contribution in [-0.2, 0) is 0 Å². The average molecular weight is 401 g/mol. The molecule has 0 heterocycles. The Morgan fingerprint density at radius 1 is 0.897 bits per heavy atom. The predicted octanol–water partition coefficient (Wildman–Crippen LogP) is 8.42. The number of hydrogen-bond acceptors (Lipinski definition) is 1. The Bertz CT molecular complexity index is 740. The fraction of sp³-hybridized carbons (Fsp3) is 0.538. The highest BCUT2D eigenvalue weighted by Crippen LogP contribution is 2.35. The van der Waals surface area contributed by atoms with Gasteiger partial charge in [-0.2, -0.15) is 0 Å². The second-order valence-electron chi connectivity index (χ2n) is 8.50. The lowest BCUT2D eigenvalue weighted by Crippen LogP contribution is -2.13. The Balaban J connectivity index is 1.66. The van der Waals surface area contributed by atoms with Crippen LogP contribution in [0.4, 0.5) is 8.78 Å². The van der Waals surface area contributed by atoms with Gasteiger partial charge in [0.1, 0.15) is 0 Å². The van der Waals surface area contributed by atoms with E-state index in [0.29, 0.717) is 11.5 Å². The van der Waals surface area contributed by atoms with Crippen molar-refractivity contribution in [3.05, 3.63) is 53.6 Å². The second kappa shape index (κ2) is 10.8. The van der Waals surface area contributed by atoms with Gasteiger partial charge in [0.05, 0.1) is 6.10 Å². The zero-order chi connectivity index (χ0) is 20.6. The summed E-state index contributed by atoms with van der Waals surface area (Å²) >= 11 is 0. The largest absolute Gasteiger partial charge is 0.485 e. The van der Waals surface area contributed by atoms with Crippen LogP contribution in [-0.4, -0.2) is 6.10 Å². The van der Waals surface area contributed by atoms with E-state index in [1.54, 1.807) is 0 Å². The average Bonchev–Trinajstić information content (AvgIpc) is 2.74. The van der Waals surface area contributed by atoms with Gasteiger partial charge in [0, 0.05) is 0 Å². The highest BCUT2D eigenvalue weighted by Gasteiger charge is 2.18. The third kappa shape index (κ3) is 6.04. The maximum absolute atomic E-state index is 14.6. The molecule has 2 aromatic rings. The topological polar surface area (TPSA) is 9.23 Å². The van der Waals surface area contributed by atoms with Crippen molar-refractivity contribution in [1.82, 2.24) is 0 Å². The molecule has 1 nitrogen and oxygen atoms in total. The van der Waals surface area contributed by atoms with Crippen LogP contribution >= 0.6 is 0 Å². The lowest BCUT2D eigenvalue weighted by Gasteiger charge is -2.22. The molecule has 0 spiro atoms. The van der Waals surface area contributed by atoms with E-state index in [1.807, 2.05) is 19.1 Å². The van der Waals surface area contributed by atoms with Crippen LogP contribution in [0.2, 0.25) is 0 Å². The summed E-state index contributed by atoms with van der Waals surface area (Å²) in [4.78, 5) is 0. The van der Waals surface area contributed by atoms with Crippen molar-refractivity contribution in [2.45, 2.75) is 90.1 Å². The maximum Gasteiger partial charge on any atom is 0.191 e. The van der Waals surface area contributed by atoms with Gasteiger partial charge < -0.3 is 4.74 Å². The molecule has 0 radical (unpaired) electrons. The summed E-state index contributed by atoms with van der Waals surface area (Å²) in [6.07, 6.45) is 11.5. The molecule has 0 amide bonds. The summed E-state index contributed by atoms with van der Waals surface area (Å²) in [5.41, 5.74) is 2.73. The van der Waals surface area contributed by atoms with Gasteiger partial charge in [0.15, 0.2) is 17.4 Å². The van der Waals surface area contributed by atoms with E-state index in [2.05, 4.69) is 19.1 Å². The molecule has 0 aliphatic heterocycles. The quantitative estimate of drug-likeness (QED) is 0.384. The summed E-state index contributed by atoms with van der Waals surface area (Å²) in [5.74, 6) is -0.884. The molecule has 1 aliphatic rings. The first-order valence-electron chi connectivity index (χ1n) is 11.3. The van der Waals surface area contributed by atoms with Gasteiger partial charge in [-0.3, -0.25) is 0 Å². The number of benzene rings is 2. The SMILES string of the molecule is CCCCCCC(C)Oc1c(F)cc(-c2ccc(C3CCCCC3)cc2)cc1F. The first-order chi connectivity index (χ1) is 14.1. The molecule has 0 bridgehead atoms. The Morgan fingerprint density at radius 3 is 2.17 bits per heavy atom.